The molecular weight excluding hydrogens is 278 g/mol. The van der Waals surface area contributed by atoms with Crippen molar-refractivity contribution in [1.82, 2.24) is 19.5 Å². The van der Waals surface area contributed by atoms with Crippen molar-refractivity contribution in [2.24, 2.45) is 0 Å². The van der Waals surface area contributed by atoms with Crippen molar-refractivity contribution in [3.05, 3.63) is 39.9 Å². The Hall–Kier alpha value is -2.34. The standard InChI is InChI=1S/C13H12ClN5O/c1-2-19-11(15)9(12-16-5-6-17-12)10(20)7-3-4-8(14)18-13(7)19/h3-6H,2,15H2,1H3,(H,16,17). The van der Waals surface area contributed by atoms with Gasteiger partial charge in [0.05, 0.1) is 5.39 Å². The van der Waals surface area contributed by atoms with Crippen molar-refractivity contribution < 1.29 is 0 Å². The van der Waals surface area contributed by atoms with Crippen LogP contribution in [0, 0.1) is 0 Å². The molecule has 0 unspecified atom stereocenters. The molecule has 3 aromatic rings. The number of hydrogen-bond acceptors (Lipinski definition) is 4. The van der Waals surface area contributed by atoms with Gasteiger partial charge < -0.3 is 15.3 Å². The SMILES string of the molecule is CCn1c(N)c(-c2ncc[nH]2)c(=O)c2ccc(Cl)nc21. The molecule has 0 radical (unpaired) electrons. The Bertz CT molecular complexity index is 838. The maximum Gasteiger partial charge on any atom is 0.204 e. The Balaban J connectivity index is 2.50. The van der Waals surface area contributed by atoms with E-state index in [1.807, 2.05) is 6.92 Å². The van der Waals surface area contributed by atoms with Crippen LogP contribution in [-0.2, 0) is 6.54 Å². The lowest BCUT2D eigenvalue weighted by Gasteiger charge is -2.14. The highest BCUT2D eigenvalue weighted by atomic mass is 35.5. The van der Waals surface area contributed by atoms with Gasteiger partial charge in [-0.1, -0.05) is 11.6 Å². The second kappa shape index (κ2) is 4.64. The molecule has 102 valence electrons. The summed E-state index contributed by atoms with van der Waals surface area (Å²) in [4.78, 5) is 23.8. The maximum atomic E-state index is 12.6. The molecular formula is C13H12ClN5O. The predicted octanol–water partition coefficient (Wildman–Crippen LogP) is 2.04. The normalized spacial score (nSPS) is 11.1. The first-order valence-corrected chi connectivity index (χ1v) is 6.49. The number of rotatable bonds is 2. The lowest BCUT2D eigenvalue weighted by molar-refractivity contribution is 0.789. The predicted molar refractivity (Wildman–Crippen MR) is 78.7 cm³/mol. The number of nitrogens with two attached hydrogens (primary N) is 1. The topological polar surface area (TPSA) is 89.6 Å². The van der Waals surface area contributed by atoms with E-state index in [1.54, 1.807) is 29.1 Å². The van der Waals surface area contributed by atoms with Crippen molar-refractivity contribution in [3.63, 3.8) is 0 Å². The molecule has 3 rings (SSSR count). The Morgan fingerprint density at radius 2 is 2.25 bits per heavy atom. The van der Waals surface area contributed by atoms with Crippen LogP contribution in [0.25, 0.3) is 22.4 Å². The summed E-state index contributed by atoms with van der Waals surface area (Å²) < 4.78 is 1.75. The monoisotopic (exact) mass is 289 g/mol. The summed E-state index contributed by atoms with van der Waals surface area (Å²) >= 11 is 5.91. The number of nitrogen functional groups attached to an aromatic ring is 1. The van der Waals surface area contributed by atoms with Crippen LogP contribution < -0.4 is 11.2 Å². The van der Waals surface area contributed by atoms with Crippen LogP contribution >= 0.6 is 11.6 Å². The second-order valence-electron chi connectivity index (χ2n) is 4.28. The molecule has 0 aliphatic heterocycles. The molecule has 7 heteroatoms. The Kier molecular flexibility index (Phi) is 2.94. The quantitative estimate of drug-likeness (QED) is 0.707. The van der Waals surface area contributed by atoms with E-state index in [0.717, 1.165) is 0 Å². The number of H-pyrrole nitrogens is 1. The van der Waals surface area contributed by atoms with E-state index in [4.69, 9.17) is 17.3 Å². The number of halogens is 1. The largest absolute Gasteiger partial charge is 0.384 e. The molecule has 0 fully saturated rings. The van der Waals surface area contributed by atoms with Gasteiger partial charge in [0.25, 0.3) is 0 Å². The number of aromatic nitrogens is 4. The van der Waals surface area contributed by atoms with E-state index >= 15 is 0 Å². The summed E-state index contributed by atoms with van der Waals surface area (Å²) in [7, 11) is 0. The fourth-order valence-electron chi connectivity index (χ4n) is 2.26. The van der Waals surface area contributed by atoms with Crippen LogP contribution in [0.5, 0.6) is 0 Å². The molecule has 0 aliphatic carbocycles. The van der Waals surface area contributed by atoms with Gasteiger partial charge in [-0.2, -0.15) is 0 Å². The molecule has 6 nitrogen and oxygen atoms in total. The van der Waals surface area contributed by atoms with Crippen LogP contribution in [-0.4, -0.2) is 19.5 Å². The van der Waals surface area contributed by atoms with Crippen molar-refractivity contribution in [1.29, 1.82) is 0 Å². The van der Waals surface area contributed by atoms with Gasteiger partial charge in [-0.15, -0.1) is 0 Å². The van der Waals surface area contributed by atoms with Crippen LogP contribution in [0.15, 0.2) is 29.3 Å². The van der Waals surface area contributed by atoms with Gasteiger partial charge in [-0.05, 0) is 19.1 Å². The fraction of sp³-hybridized carbons (Fsp3) is 0.154. The Morgan fingerprint density at radius 3 is 2.90 bits per heavy atom. The molecule has 3 heterocycles. The first kappa shape index (κ1) is 12.7. The first-order chi connectivity index (χ1) is 9.63. The van der Waals surface area contributed by atoms with Gasteiger partial charge in [0.1, 0.15) is 28.0 Å². The summed E-state index contributed by atoms with van der Waals surface area (Å²) in [5, 5.41) is 0.793. The molecule has 0 amide bonds. The summed E-state index contributed by atoms with van der Waals surface area (Å²) in [5.41, 5.74) is 6.75. The van der Waals surface area contributed by atoms with E-state index in [1.165, 1.54) is 0 Å². The van der Waals surface area contributed by atoms with Crippen molar-refractivity contribution in [2.45, 2.75) is 13.5 Å². The first-order valence-electron chi connectivity index (χ1n) is 6.11. The smallest absolute Gasteiger partial charge is 0.204 e. The maximum absolute atomic E-state index is 12.6. The van der Waals surface area contributed by atoms with Gasteiger partial charge in [0.2, 0.25) is 5.43 Å². The average Bonchev–Trinajstić information content (AvgIpc) is 2.93. The third-order valence-corrected chi connectivity index (χ3v) is 3.38. The van der Waals surface area contributed by atoms with E-state index in [9.17, 15) is 4.79 Å². The number of anilines is 1. The highest BCUT2D eigenvalue weighted by molar-refractivity contribution is 6.29. The van der Waals surface area contributed by atoms with Gasteiger partial charge in [-0.25, -0.2) is 9.97 Å². The fourth-order valence-corrected chi connectivity index (χ4v) is 2.40. The van der Waals surface area contributed by atoms with E-state index < -0.39 is 0 Å². The molecule has 0 spiro atoms. The zero-order valence-electron chi connectivity index (χ0n) is 10.7. The van der Waals surface area contributed by atoms with Crippen LogP contribution in [0.3, 0.4) is 0 Å². The van der Waals surface area contributed by atoms with Crippen LogP contribution in [0.4, 0.5) is 5.82 Å². The van der Waals surface area contributed by atoms with Crippen LogP contribution in [0.2, 0.25) is 5.15 Å². The number of imidazole rings is 1. The number of aromatic amines is 1. The van der Waals surface area contributed by atoms with Gasteiger partial charge in [0, 0.05) is 18.9 Å². The summed E-state index contributed by atoms with van der Waals surface area (Å²) in [6.07, 6.45) is 3.23. The molecule has 20 heavy (non-hydrogen) atoms. The minimum atomic E-state index is -0.207. The molecule has 0 bridgehead atoms. The number of pyridine rings is 2. The van der Waals surface area contributed by atoms with Crippen LogP contribution in [0.1, 0.15) is 6.92 Å². The third kappa shape index (κ3) is 1.77. The van der Waals surface area contributed by atoms with Gasteiger partial charge in [-0.3, -0.25) is 4.79 Å². The molecule has 0 aromatic carbocycles. The van der Waals surface area contributed by atoms with Gasteiger partial charge >= 0.3 is 0 Å². The van der Waals surface area contributed by atoms with E-state index in [-0.39, 0.29) is 5.43 Å². The molecule has 0 atom stereocenters. The molecule has 0 aliphatic rings. The summed E-state index contributed by atoms with van der Waals surface area (Å²) in [6, 6.07) is 3.25. The highest BCUT2D eigenvalue weighted by Crippen LogP contribution is 2.24. The molecule has 0 saturated carbocycles. The summed E-state index contributed by atoms with van der Waals surface area (Å²) in [5.74, 6) is 0.779. The number of hydrogen-bond donors (Lipinski definition) is 2. The molecule has 3 N–H and O–H groups in total. The minimum absolute atomic E-state index is 0.207. The molecule has 3 aromatic heterocycles. The van der Waals surface area contributed by atoms with E-state index in [0.29, 0.717) is 39.9 Å². The highest BCUT2D eigenvalue weighted by Gasteiger charge is 2.18. The number of fused-ring (bicyclic) bond motifs is 1. The Morgan fingerprint density at radius 1 is 1.45 bits per heavy atom. The molecule has 0 saturated heterocycles. The Labute approximate surface area is 119 Å². The minimum Gasteiger partial charge on any atom is -0.384 e. The zero-order valence-corrected chi connectivity index (χ0v) is 11.5. The van der Waals surface area contributed by atoms with E-state index in [2.05, 4.69) is 15.0 Å². The average molecular weight is 290 g/mol. The number of nitrogens with one attached hydrogen (secondary N) is 1. The van der Waals surface area contributed by atoms with Gasteiger partial charge in [0.15, 0.2) is 0 Å². The van der Waals surface area contributed by atoms with Crippen molar-refractivity contribution >= 4 is 28.5 Å². The number of nitrogens with zero attached hydrogens (tertiary/aromatic N) is 3. The lowest BCUT2D eigenvalue weighted by Crippen LogP contribution is -2.18. The van der Waals surface area contributed by atoms with Crippen molar-refractivity contribution in [2.75, 3.05) is 5.73 Å². The number of aryl methyl sites for hydroxylation is 1. The third-order valence-electron chi connectivity index (χ3n) is 3.17. The van der Waals surface area contributed by atoms with Crippen molar-refractivity contribution in [3.8, 4) is 11.4 Å². The summed E-state index contributed by atoms with van der Waals surface area (Å²) in [6.45, 7) is 2.50. The zero-order chi connectivity index (χ0) is 14.3. The lowest BCUT2D eigenvalue weighted by atomic mass is 10.1. The second-order valence-corrected chi connectivity index (χ2v) is 4.66.